The van der Waals surface area contributed by atoms with E-state index in [1.54, 1.807) is 14.2 Å². The lowest BCUT2D eigenvalue weighted by Gasteiger charge is -2.16. The summed E-state index contributed by atoms with van der Waals surface area (Å²) in [5.41, 5.74) is 2.25. The van der Waals surface area contributed by atoms with Crippen LogP contribution in [-0.4, -0.2) is 49.1 Å². The van der Waals surface area contributed by atoms with Crippen LogP contribution >= 0.6 is 0 Å². The molecule has 1 aromatic carbocycles. The minimum absolute atomic E-state index is 0.215. The number of aliphatic imine (C=N–C) groups is 1. The topological polar surface area (TPSA) is 63.5 Å². The van der Waals surface area contributed by atoms with Crippen LogP contribution in [-0.2, 0) is 11.2 Å². The zero-order valence-electron chi connectivity index (χ0n) is 14.0. The number of para-hydroxylation sites is 1. The molecule has 23 heavy (non-hydrogen) atoms. The van der Waals surface area contributed by atoms with Crippen LogP contribution in [0.15, 0.2) is 47.7 Å². The molecule has 2 rings (SSSR count). The van der Waals surface area contributed by atoms with Gasteiger partial charge in [-0.1, -0.05) is 18.2 Å². The van der Waals surface area contributed by atoms with Gasteiger partial charge < -0.3 is 15.4 Å². The van der Waals surface area contributed by atoms with Crippen molar-refractivity contribution in [1.82, 2.24) is 20.4 Å². The maximum absolute atomic E-state index is 5.11. The second-order valence-electron chi connectivity index (χ2n) is 5.38. The Labute approximate surface area is 137 Å². The third-order valence-corrected chi connectivity index (χ3v) is 3.39. The largest absolute Gasteiger partial charge is 0.383 e. The van der Waals surface area contributed by atoms with Crippen molar-refractivity contribution in [2.75, 3.05) is 27.3 Å². The zero-order chi connectivity index (χ0) is 16.5. The number of nitrogens with one attached hydrogen (secondary N) is 2. The van der Waals surface area contributed by atoms with E-state index in [1.165, 1.54) is 5.56 Å². The Morgan fingerprint density at radius 3 is 2.83 bits per heavy atom. The van der Waals surface area contributed by atoms with Crippen LogP contribution in [0.5, 0.6) is 0 Å². The molecule has 1 aromatic heterocycles. The van der Waals surface area contributed by atoms with Gasteiger partial charge in [-0.2, -0.15) is 5.10 Å². The first-order valence-electron chi connectivity index (χ1n) is 7.78. The summed E-state index contributed by atoms with van der Waals surface area (Å²) in [5.74, 6) is 0.782. The Bertz CT molecular complexity index is 608. The lowest BCUT2D eigenvalue weighted by atomic mass is 10.2. The highest BCUT2D eigenvalue weighted by Crippen LogP contribution is 2.07. The zero-order valence-corrected chi connectivity index (χ0v) is 14.0. The number of aromatic nitrogens is 2. The molecule has 124 valence electrons. The van der Waals surface area contributed by atoms with Gasteiger partial charge in [0.1, 0.15) is 0 Å². The van der Waals surface area contributed by atoms with Crippen LogP contribution < -0.4 is 10.6 Å². The van der Waals surface area contributed by atoms with Crippen molar-refractivity contribution in [3.63, 3.8) is 0 Å². The monoisotopic (exact) mass is 315 g/mol. The molecular weight excluding hydrogens is 290 g/mol. The van der Waals surface area contributed by atoms with Gasteiger partial charge in [-0.15, -0.1) is 0 Å². The second kappa shape index (κ2) is 8.95. The molecule has 0 aliphatic carbocycles. The highest BCUT2D eigenvalue weighted by Gasteiger charge is 2.05. The highest BCUT2D eigenvalue weighted by atomic mass is 16.5. The van der Waals surface area contributed by atoms with Gasteiger partial charge in [-0.05, 0) is 31.0 Å². The van der Waals surface area contributed by atoms with E-state index in [-0.39, 0.29) is 6.04 Å². The molecule has 0 bridgehead atoms. The number of ether oxygens (including phenoxy) is 1. The van der Waals surface area contributed by atoms with Crippen LogP contribution in [0, 0.1) is 0 Å². The summed E-state index contributed by atoms with van der Waals surface area (Å²) in [6, 6.07) is 10.3. The van der Waals surface area contributed by atoms with Crippen LogP contribution in [0.25, 0.3) is 5.69 Å². The van der Waals surface area contributed by atoms with Gasteiger partial charge in [0, 0.05) is 32.9 Å². The Balaban J connectivity index is 1.81. The van der Waals surface area contributed by atoms with Gasteiger partial charge in [0.25, 0.3) is 0 Å². The Morgan fingerprint density at radius 1 is 1.35 bits per heavy atom. The SMILES string of the molecule is CN=C(NCCc1cnn(-c2ccccc2)c1)NC(C)COC. The van der Waals surface area contributed by atoms with Gasteiger partial charge in [0.2, 0.25) is 0 Å². The van der Waals surface area contributed by atoms with Crippen molar-refractivity contribution < 1.29 is 4.74 Å². The molecule has 1 unspecified atom stereocenters. The van der Waals surface area contributed by atoms with E-state index >= 15 is 0 Å². The van der Waals surface area contributed by atoms with E-state index < -0.39 is 0 Å². The Hall–Kier alpha value is -2.34. The van der Waals surface area contributed by atoms with Crippen LogP contribution in [0.1, 0.15) is 12.5 Å². The second-order valence-corrected chi connectivity index (χ2v) is 5.38. The Kier molecular flexibility index (Phi) is 6.62. The Morgan fingerprint density at radius 2 is 2.13 bits per heavy atom. The highest BCUT2D eigenvalue weighted by molar-refractivity contribution is 5.79. The molecule has 2 N–H and O–H groups in total. The summed E-state index contributed by atoms with van der Waals surface area (Å²) in [4.78, 5) is 4.21. The number of rotatable bonds is 7. The maximum atomic E-state index is 5.11. The number of methoxy groups -OCH3 is 1. The average molecular weight is 315 g/mol. The molecule has 1 heterocycles. The summed E-state index contributed by atoms with van der Waals surface area (Å²) in [6.07, 6.45) is 4.84. The van der Waals surface area contributed by atoms with E-state index in [9.17, 15) is 0 Å². The van der Waals surface area contributed by atoms with Gasteiger partial charge >= 0.3 is 0 Å². The third-order valence-electron chi connectivity index (χ3n) is 3.39. The predicted molar refractivity (Wildman–Crippen MR) is 93.1 cm³/mol. The summed E-state index contributed by atoms with van der Waals surface area (Å²) < 4.78 is 7.00. The van der Waals surface area contributed by atoms with Crippen molar-refractivity contribution in [2.45, 2.75) is 19.4 Å². The first-order valence-corrected chi connectivity index (χ1v) is 7.78. The molecule has 0 aliphatic heterocycles. The number of nitrogens with zero attached hydrogens (tertiary/aromatic N) is 3. The average Bonchev–Trinajstić information content (AvgIpc) is 3.04. The molecule has 0 fully saturated rings. The molecular formula is C17H25N5O. The van der Waals surface area contributed by atoms with Crippen molar-refractivity contribution in [2.24, 2.45) is 4.99 Å². The molecule has 0 saturated heterocycles. The lowest BCUT2D eigenvalue weighted by Crippen LogP contribution is -2.44. The van der Waals surface area contributed by atoms with Crippen molar-refractivity contribution in [3.05, 3.63) is 48.3 Å². The van der Waals surface area contributed by atoms with Crippen LogP contribution in [0.2, 0.25) is 0 Å². The van der Waals surface area contributed by atoms with Crippen LogP contribution in [0.3, 0.4) is 0 Å². The molecule has 6 heteroatoms. The third kappa shape index (κ3) is 5.41. The fourth-order valence-electron chi connectivity index (χ4n) is 2.26. The van der Waals surface area contributed by atoms with E-state index in [2.05, 4.69) is 33.8 Å². The fourth-order valence-corrected chi connectivity index (χ4v) is 2.26. The van der Waals surface area contributed by atoms with Crippen molar-refractivity contribution in [3.8, 4) is 5.69 Å². The molecule has 6 nitrogen and oxygen atoms in total. The molecule has 0 radical (unpaired) electrons. The molecule has 0 aliphatic rings. The smallest absolute Gasteiger partial charge is 0.191 e. The number of hydrogen-bond acceptors (Lipinski definition) is 3. The van der Waals surface area contributed by atoms with Gasteiger partial charge in [-0.3, -0.25) is 4.99 Å². The first kappa shape index (κ1) is 17.0. The van der Waals surface area contributed by atoms with Gasteiger partial charge in [-0.25, -0.2) is 4.68 Å². The van der Waals surface area contributed by atoms with E-state index in [1.807, 2.05) is 41.2 Å². The molecule has 0 amide bonds. The predicted octanol–water partition coefficient (Wildman–Crippen LogP) is 1.61. The number of benzene rings is 1. The first-order chi connectivity index (χ1) is 11.2. The standard InChI is InChI=1S/C17H25N5O/c1-14(13-23-3)21-17(18-2)19-10-9-15-11-20-22(12-15)16-7-5-4-6-8-16/h4-8,11-12,14H,9-10,13H2,1-3H3,(H2,18,19,21). The lowest BCUT2D eigenvalue weighted by molar-refractivity contribution is 0.179. The fraction of sp³-hybridized carbons (Fsp3) is 0.412. The van der Waals surface area contributed by atoms with Crippen molar-refractivity contribution >= 4 is 5.96 Å². The van der Waals surface area contributed by atoms with Gasteiger partial charge in [0.05, 0.1) is 18.5 Å². The minimum Gasteiger partial charge on any atom is -0.383 e. The van der Waals surface area contributed by atoms with Gasteiger partial charge in [0.15, 0.2) is 5.96 Å². The van der Waals surface area contributed by atoms with E-state index in [4.69, 9.17) is 4.74 Å². The normalized spacial score (nSPS) is 12.9. The molecule has 0 saturated carbocycles. The summed E-state index contributed by atoms with van der Waals surface area (Å²) in [5, 5.41) is 11.0. The maximum Gasteiger partial charge on any atom is 0.191 e. The van der Waals surface area contributed by atoms with Crippen LogP contribution in [0.4, 0.5) is 0 Å². The van der Waals surface area contributed by atoms with Crippen molar-refractivity contribution in [1.29, 1.82) is 0 Å². The van der Waals surface area contributed by atoms with E-state index in [0.29, 0.717) is 6.61 Å². The molecule has 2 aromatic rings. The number of guanidine groups is 1. The summed E-state index contributed by atoms with van der Waals surface area (Å²) in [7, 11) is 3.46. The minimum atomic E-state index is 0.215. The van der Waals surface area contributed by atoms with E-state index in [0.717, 1.165) is 24.6 Å². The molecule has 0 spiro atoms. The summed E-state index contributed by atoms with van der Waals surface area (Å²) in [6.45, 7) is 3.49. The molecule has 1 atom stereocenters. The quantitative estimate of drug-likeness (QED) is 0.602. The number of hydrogen-bond donors (Lipinski definition) is 2. The summed E-state index contributed by atoms with van der Waals surface area (Å²) >= 11 is 0.